The summed E-state index contributed by atoms with van der Waals surface area (Å²) in [4.78, 5) is 22.0. The molecule has 1 amide bonds. The van der Waals surface area contributed by atoms with E-state index in [-0.39, 0.29) is 11.9 Å². The van der Waals surface area contributed by atoms with Crippen LogP contribution >= 0.6 is 0 Å². The molecule has 3 rings (SSSR count). The molecule has 0 bridgehead atoms. The number of carbonyl (C=O) groups excluding carboxylic acids is 1. The molecule has 2 aromatic heterocycles. The van der Waals surface area contributed by atoms with Crippen molar-refractivity contribution in [1.29, 1.82) is 0 Å². The van der Waals surface area contributed by atoms with Gasteiger partial charge in [0.1, 0.15) is 5.75 Å². The van der Waals surface area contributed by atoms with E-state index in [2.05, 4.69) is 20.0 Å². The van der Waals surface area contributed by atoms with Gasteiger partial charge in [-0.1, -0.05) is 5.16 Å². The SMILES string of the molecule is COc1c(C)cnc(CN2CCC[C@H]2c2nc(C(N)=O)no2)c1C. The number of primary amides is 1. The molecule has 0 aromatic carbocycles. The first-order chi connectivity index (χ1) is 11.5. The second-order valence-electron chi connectivity index (χ2n) is 6.00. The third kappa shape index (κ3) is 2.96. The Morgan fingerprint density at radius 2 is 2.29 bits per heavy atom. The molecular weight excluding hydrogens is 310 g/mol. The van der Waals surface area contributed by atoms with Gasteiger partial charge >= 0.3 is 0 Å². The zero-order valence-corrected chi connectivity index (χ0v) is 14.1. The van der Waals surface area contributed by atoms with Crippen molar-refractivity contribution >= 4 is 5.91 Å². The number of pyridine rings is 1. The van der Waals surface area contributed by atoms with Gasteiger partial charge in [0.05, 0.1) is 18.8 Å². The van der Waals surface area contributed by atoms with Gasteiger partial charge in [0.25, 0.3) is 11.7 Å². The maximum Gasteiger partial charge on any atom is 0.290 e. The van der Waals surface area contributed by atoms with Gasteiger partial charge in [-0.05, 0) is 33.2 Å². The molecule has 1 atom stereocenters. The number of carbonyl (C=O) groups is 1. The lowest BCUT2D eigenvalue weighted by atomic mass is 10.1. The normalized spacial score (nSPS) is 18.0. The van der Waals surface area contributed by atoms with E-state index in [0.717, 1.165) is 42.0 Å². The van der Waals surface area contributed by atoms with Gasteiger partial charge < -0.3 is 15.0 Å². The molecule has 1 aliphatic heterocycles. The van der Waals surface area contributed by atoms with Gasteiger partial charge in [-0.2, -0.15) is 4.98 Å². The fraction of sp³-hybridized carbons (Fsp3) is 0.500. The van der Waals surface area contributed by atoms with Gasteiger partial charge in [-0.25, -0.2) is 0 Å². The predicted octanol–water partition coefficient (Wildman–Crippen LogP) is 1.53. The van der Waals surface area contributed by atoms with E-state index in [9.17, 15) is 4.79 Å². The first kappa shape index (κ1) is 16.4. The number of hydrogen-bond donors (Lipinski definition) is 1. The predicted molar refractivity (Wildman–Crippen MR) is 85.5 cm³/mol. The van der Waals surface area contributed by atoms with E-state index in [1.807, 2.05) is 20.0 Å². The Kier molecular flexibility index (Phi) is 4.48. The van der Waals surface area contributed by atoms with E-state index in [0.29, 0.717) is 12.4 Å². The van der Waals surface area contributed by atoms with E-state index < -0.39 is 5.91 Å². The minimum Gasteiger partial charge on any atom is -0.496 e. The monoisotopic (exact) mass is 331 g/mol. The highest BCUT2D eigenvalue weighted by Crippen LogP contribution is 2.33. The molecule has 24 heavy (non-hydrogen) atoms. The van der Waals surface area contributed by atoms with Gasteiger partial charge in [0.15, 0.2) is 0 Å². The summed E-state index contributed by atoms with van der Waals surface area (Å²) in [6, 6.07) is -0.0286. The van der Waals surface area contributed by atoms with E-state index in [4.69, 9.17) is 15.0 Å². The number of aromatic nitrogens is 3. The molecule has 0 saturated carbocycles. The molecule has 0 unspecified atom stereocenters. The second kappa shape index (κ2) is 6.56. The van der Waals surface area contributed by atoms with Crippen LogP contribution in [0.1, 0.15) is 52.2 Å². The Balaban J connectivity index is 1.82. The van der Waals surface area contributed by atoms with Crippen LogP contribution in [0.15, 0.2) is 10.7 Å². The maximum absolute atomic E-state index is 11.1. The zero-order valence-electron chi connectivity index (χ0n) is 14.1. The molecule has 1 fully saturated rings. The second-order valence-corrected chi connectivity index (χ2v) is 6.00. The van der Waals surface area contributed by atoms with Crippen LogP contribution in [-0.2, 0) is 6.54 Å². The van der Waals surface area contributed by atoms with Crippen molar-refractivity contribution in [3.63, 3.8) is 0 Å². The highest BCUT2D eigenvalue weighted by atomic mass is 16.5. The number of nitrogens with two attached hydrogens (primary N) is 1. The number of nitrogens with zero attached hydrogens (tertiary/aromatic N) is 4. The Labute approximate surface area is 140 Å². The topological polar surface area (TPSA) is 107 Å². The number of aryl methyl sites for hydroxylation is 1. The first-order valence-corrected chi connectivity index (χ1v) is 7.87. The van der Waals surface area contributed by atoms with E-state index >= 15 is 0 Å². The van der Waals surface area contributed by atoms with Crippen molar-refractivity contribution in [2.75, 3.05) is 13.7 Å². The maximum atomic E-state index is 11.1. The molecule has 128 valence electrons. The minimum atomic E-state index is -0.685. The molecule has 0 radical (unpaired) electrons. The Bertz CT molecular complexity index is 758. The number of rotatable bonds is 5. The largest absolute Gasteiger partial charge is 0.496 e. The van der Waals surface area contributed by atoms with Gasteiger partial charge in [0, 0.05) is 23.9 Å². The summed E-state index contributed by atoms with van der Waals surface area (Å²) in [7, 11) is 1.67. The fourth-order valence-electron chi connectivity index (χ4n) is 3.19. The molecule has 0 aliphatic carbocycles. The van der Waals surface area contributed by atoms with E-state index in [1.165, 1.54) is 0 Å². The van der Waals surface area contributed by atoms with E-state index in [1.54, 1.807) is 7.11 Å². The average Bonchev–Trinajstić information content (AvgIpc) is 3.19. The van der Waals surface area contributed by atoms with Crippen molar-refractivity contribution in [1.82, 2.24) is 20.0 Å². The smallest absolute Gasteiger partial charge is 0.290 e. The summed E-state index contributed by atoms with van der Waals surface area (Å²) >= 11 is 0. The molecule has 1 aliphatic rings. The lowest BCUT2D eigenvalue weighted by Crippen LogP contribution is -2.24. The van der Waals surface area contributed by atoms with Crippen molar-refractivity contribution in [2.24, 2.45) is 5.73 Å². The summed E-state index contributed by atoms with van der Waals surface area (Å²) in [5.74, 6) is 0.529. The standard InChI is InChI=1S/C16H21N5O3/c1-9-7-18-11(10(2)13(9)23-3)8-21-6-4-5-12(21)16-19-15(14(17)22)20-24-16/h7,12H,4-6,8H2,1-3H3,(H2,17,22)/t12-/m0/s1. The van der Waals surface area contributed by atoms with Crippen LogP contribution in [-0.4, -0.2) is 39.6 Å². The number of hydrogen-bond acceptors (Lipinski definition) is 7. The van der Waals surface area contributed by atoms with Gasteiger partial charge in [-0.15, -0.1) is 0 Å². The Morgan fingerprint density at radius 3 is 2.96 bits per heavy atom. The molecule has 3 heterocycles. The molecule has 8 heteroatoms. The van der Waals surface area contributed by atoms with Crippen LogP contribution in [0.2, 0.25) is 0 Å². The number of amides is 1. The molecule has 2 N–H and O–H groups in total. The zero-order chi connectivity index (χ0) is 17.3. The van der Waals surface area contributed by atoms with Crippen LogP contribution in [0.4, 0.5) is 0 Å². The number of methoxy groups -OCH3 is 1. The highest BCUT2D eigenvalue weighted by Gasteiger charge is 2.32. The third-order valence-corrected chi connectivity index (χ3v) is 4.41. The summed E-state index contributed by atoms with van der Waals surface area (Å²) in [6.45, 7) is 5.54. The van der Waals surface area contributed by atoms with Gasteiger partial charge in [-0.3, -0.25) is 14.7 Å². The summed E-state index contributed by atoms with van der Waals surface area (Å²) in [6.07, 6.45) is 3.73. The Hall–Kier alpha value is -2.48. The molecular formula is C16H21N5O3. The number of ether oxygens (including phenoxy) is 1. The minimum absolute atomic E-state index is 0.0286. The molecule has 0 spiro atoms. The van der Waals surface area contributed by atoms with Crippen LogP contribution in [0, 0.1) is 13.8 Å². The van der Waals surface area contributed by atoms with Crippen molar-refractivity contribution in [3.8, 4) is 5.75 Å². The van der Waals surface area contributed by atoms with Crippen molar-refractivity contribution in [2.45, 2.75) is 39.3 Å². The lowest BCUT2D eigenvalue weighted by molar-refractivity contribution is 0.0987. The van der Waals surface area contributed by atoms with Crippen LogP contribution in [0.3, 0.4) is 0 Å². The first-order valence-electron chi connectivity index (χ1n) is 7.87. The highest BCUT2D eigenvalue weighted by molar-refractivity contribution is 5.88. The quantitative estimate of drug-likeness (QED) is 0.885. The van der Waals surface area contributed by atoms with Crippen molar-refractivity contribution < 1.29 is 14.1 Å². The molecule has 8 nitrogen and oxygen atoms in total. The summed E-state index contributed by atoms with van der Waals surface area (Å²) in [5, 5.41) is 3.64. The van der Waals surface area contributed by atoms with Crippen LogP contribution < -0.4 is 10.5 Å². The van der Waals surface area contributed by atoms with Crippen molar-refractivity contribution in [3.05, 3.63) is 34.7 Å². The van der Waals surface area contributed by atoms with Crippen LogP contribution in [0.5, 0.6) is 5.75 Å². The Morgan fingerprint density at radius 1 is 1.50 bits per heavy atom. The number of likely N-dealkylation sites (tertiary alicyclic amines) is 1. The van der Waals surface area contributed by atoms with Crippen LogP contribution in [0.25, 0.3) is 0 Å². The third-order valence-electron chi connectivity index (χ3n) is 4.41. The molecule has 2 aromatic rings. The lowest BCUT2D eigenvalue weighted by Gasteiger charge is -2.22. The fourth-order valence-corrected chi connectivity index (χ4v) is 3.19. The van der Waals surface area contributed by atoms with Gasteiger partial charge in [0.2, 0.25) is 5.89 Å². The average molecular weight is 331 g/mol. The summed E-state index contributed by atoms with van der Waals surface area (Å²) < 4.78 is 10.7. The molecule has 1 saturated heterocycles. The summed E-state index contributed by atoms with van der Waals surface area (Å²) in [5.41, 5.74) is 8.19.